The van der Waals surface area contributed by atoms with E-state index in [2.05, 4.69) is 15.2 Å². The van der Waals surface area contributed by atoms with E-state index >= 15 is 0 Å². The Labute approximate surface area is 84.4 Å². The van der Waals surface area contributed by atoms with Crippen LogP contribution in [0.5, 0.6) is 0 Å². The van der Waals surface area contributed by atoms with Crippen LogP contribution in [0.25, 0.3) is 10.6 Å². The number of nitrogens with zero attached hydrogens (tertiary/aromatic N) is 3. The molecule has 66 valence electrons. The Kier molecular flexibility index (Phi) is 2.24. The van der Waals surface area contributed by atoms with Crippen molar-refractivity contribution in [3.63, 3.8) is 0 Å². The Balaban J connectivity index is 2.46. The predicted octanol–water partition coefficient (Wildman–Crippen LogP) is 2.56. The van der Waals surface area contributed by atoms with Crippen molar-refractivity contribution in [2.24, 2.45) is 0 Å². The number of aryl methyl sites for hydroxylation is 1. The van der Waals surface area contributed by atoms with E-state index in [9.17, 15) is 0 Å². The van der Waals surface area contributed by atoms with Crippen molar-refractivity contribution >= 4 is 22.9 Å². The van der Waals surface area contributed by atoms with E-state index in [4.69, 9.17) is 11.6 Å². The lowest BCUT2D eigenvalue weighted by molar-refractivity contribution is 1.09. The van der Waals surface area contributed by atoms with Gasteiger partial charge in [-0.15, -0.1) is 10.2 Å². The average Bonchev–Trinajstić information content (AvgIpc) is 2.52. The largest absolute Gasteiger partial charge is 0.264 e. The maximum atomic E-state index is 5.67. The zero-order valence-electron chi connectivity index (χ0n) is 6.86. The molecule has 0 radical (unpaired) electrons. The first-order valence-corrected chi connectivity index (χ1v) is 4.86. The van der Waals surface area contributed by atoms with Crippen molar-refractivity contribution in [1.29, 1.82) is 0 Å². The first-order chi connectivity index (χ1) is 6.25. The summed E-state index contributed by atoms with van der Waals surface area (Å²) in [5.41, 5.74) is 2.06. The molecule has 0 fully saturated rings. The fourth-order valence-electron chi connectivity index (χ4n) is 0.994. The van der Waals surface area contributed by atoms with Gasteiger partial charge in [0, 0.05) is 18.0 Å². The normalized spacial score (nSPS) is 10.3. The lowest BCUT2D eigenvalue weighted by Crippen LogP contribution is -1.81. The minimum Gasteiger partial charge on any atom is -0.264 e. The summed E-state index contributed by atoms with van der Waals surface area (Å²) >= 11 is 7.03. The fourth-order valence-corrected chi connectivity index (χ4v) is 1.80. The van der Waals surface area contributed by atoms with Gasteiger partial charge in [0.05, 0.1) is 0 Å². The van der Waals surface area contributed by atoms with Crippen LogP contribution in [-0.4, -0.2) is 15.2 Å². The van der Waals surface area contributed by atoms with Gasteiger partial charge in [-0.05, 0) is 30.2 Å². The average molecular weight is 212 g/mol. The lowest BCUT2D eigenvalue weighted by Gasteiger charge is -1.94. The third-order valence-corrected chi connectivity index (χ3v) is 2.59. The van der Waals surface area contributed by atoms with Crippen molar-refractivity contribution in [3.05, 3.63) is 28.5 Å². The molecule has 0 aliphatic rings. The van der Waals surface area contributed by atoms with E-state index in [1.165, 1.54) is 11.3 Å². The van der Waals surface area contributed by atoms with Gasteiger partial charge in [0.15, 0.2) is 5.01 Å². The third-order valence-electron chi connectivity index (χ3n) is 1.52. The van der Waals surface area contributed by atoms with Crippen molar-refractivity contribution in [2.45, 2.75) is 6.92 Å². The highest BCUT2D eigenvalue weighted by Gasteiger charge is 2.04. The summed E-state index contributed by atoms with van der Waals surface area (Å²) in [4.78, 5) is 4.07. The molecule has 0 aromatic carbocycles. The van der Waals surface area contributed by atoms with E-state index in [-0.39, 0.29) is 0 Å². The minimum absolute atomic E-state index is 0.455. The number of hydrogen-bond donors (Lipinski definition) is 0. The summed E-state index contributed by atoms with van der Waals surface area (Å²) in [5, 5.41) is 8.46. The molecule has 0 atom stereocenters. The summed E-state index contributed by atoms with van der Waals surface area (Å²) in [7, 11) is 0. The van der Waals surface area contributed by atoms with Gasteiger partial charge in [-0.25, -0.2) is 0 Å². The molecular formula is C8H6ClN3S. The number of halogens is 1. The van der Waals surface area contributed by atoms with Crippen LogP contribution < -0.4 is 0 Å². The number of rotatable bonds is 1. The van der Waals surface area contributed by atoms with Crippen LogP contribution in [0.1, 0.15) is 5.56 Å². The number of hydrogen-bond acceptors (Lipinski definition) is 4. The monoisotopic (exact) mass is 211 g/mol. The molecule has 2 aromatic rings. The van der Waals surface area contributed by atoms with Gasteiger partial charge in [0.1, 0.15) is 0 Å². The van der Waals surface area contributed by atoms with Gasteiger partial charge in [-0.2, -0.15) is 0 Å². The smallest absolute Gasteiger partial charge is 0.207 e. The minimum atomic E-state index is 0.455. The van der Waals surface area contributed by atoms with Gasteiger partial charge >= 0.3 is 0 Å². The van der Waals surface area contributed by atoms with E-state index in [0.717, 1.165) is 16.1 Å². The molecule has 0 amide bonds. The first-order valence-electron chi connectivity index (χ1n) is 3.67. The molecule has 5 heteroatoms. The Morgan fingerprint density at radius 2 is 2.15 bits per heavy atom. The van der Waals surface area contributed by atoms with Crippen LogP contribution in [0.3, 0.4) is 0 Å². The Bertz CT molecular complexity index is 427. The van der Waals surface area contributed by atoms with E-state index in [0.29, 0.717) is 4.47 Å². The van der Waals surface area contributed by atoms with Crippen LogP contribution in [0.15, 0.2) is 18.5 Å². The SMILES string of the molecule is Cc1cncc(-c2nnc(Cl)s2)c1. The molecule has 0 aliphatic heterocycles. The summed E-state index contributed by atoms with van der Waals surface area (Å²) < 4.78 is 0.455. The van der Waals surface area contributed by atoms with Crippen LogP contribution in [-0.2, 0) is 0 Å². The van der Waals surface area contributed by atoms with Gasteiger partial charge in [0.2, 0.25) is 4.47 Å². The molecule has 0 aliphatic carbocycles. The molecule has 0 unspecified atom stereocenters. The third kappa shape index (κ3) is 1.84. The summed E-state index contributed by atoms with van der Waals surface area (Å²) in [6, 6.07) is 2.00. The molecule has 0 N–H and O–H groups in total. The molecule has 2 rings (SSSR count). The molecule has 3 nitrogen and oxygen atoms in total. The van der Waals surface area contributed by atoms with Crippen LogP contribution >= 0.6 is 22.9 Å². The van der Waals surface area contributed by atoms with Gasteiger partial charge < -0.3 is 0 Å². The highest BCUT2D eigenvalue weighted by atomic mass is 35.5. The van der Waals surface area contributed by atoms with Crippen molar-refractivity contribution in [2.75, 3.05) is 0 Å². The second kappa shape index (κ2) is 3.40. The molecule has 2 heterocycles. The van der Waals surface area contributed by atoms with Gasteiger partial charge in [-0.1, -0.05) is 11.3 Å². The molecule has 0 bridgehead atoms. The highest BCUT2D eigenvalue weighted by molar-refractivity contribution is 7.18. The Hall–Kier alpha value is -1.000. The van der Waals surface area contributed by atoms with E-state index < -0.39 is 0 Å². The Morgan fingerprint density at radius 3 is 2.77 bits per heavy atom. The predicted molar refractivity (Wildman–Crippen MR) is 52.9 cm³/mol. The van der Waals surface area contributed by atoms with Crippen molar-refractivity contribution < 1.29 is 0 Å². The first kappa shape index (κ1) is 8.59. The topological polar surface area (TPSA) is 38.7 Å². The number of pyridine rings is 1. The maximum absolute atomic E-state index is 5.67. The summed E-state index contributed by atoms with van der Waals surface area (Å²) in [6.45, 7) is 1.99. The molecule has 0 saturated heterocycles. The summed E-state index contributed by atoms with van der Waals surface area (Å²) in [5.74, 6) is 0. The lowest BCUT2D eigenvalue weighted by atomic mass is 10.2. The zero-order chi connectivity index (χ0) is 9.26. The second-order valence-corrected chi connectivity index (χ2v) is 4.17. The van der Waals surface area contributed by atoms with E-state index in [1.807, 2.05) is 13.0 Å². The molecule has 0 spiro atoms. The molecule has 0 saturated carbocycles. The van der Waals surface area contributed by atoms with E-state index in [1.54, 1.807) is 12.4 Å². The van der Waals surface area contributed by atoms with Gasteiger partial charge in [0.25, 0.3) is 0 Å². The van der Waals surface area contributed by atoms with Crippen LogP contribution in [0.4, 0.5) is 0 Å². The van der Waals surface area contributed by atoms with Crippen LogP contribution in [0.2, 0.25) is 4.47 Å². The quantitative estimate of drug-likeness (QED) is 0.728. The maximum Gasteiger partial charge on any atom is 0.207 e. The zero-order valence-corrected chi connectivity index (χ0v) is 8.43. The second-order valence-electron chi connectivity index (χ2n) is 2.61. The molecule has 13 heavy (non-hydrogen) atoms. The number of aromatic nitrogens is 3. The van der Waals surface area contributed by atoms with Crippen LogP contribution in [0, 0.1) is 6.92 Å². The van der Waals surface area contributed by atoms with Gasteiger partial charge in [-0.3, -0.25) is 4.98 Å². The molecule has 2 aromatic heterocycles. The van der Waals surface area contributed by atoms with Crippen molar-refractivity contribution in [1.82, 2.24) is 15.2 Å². The standard InChI is InChI=1S/C8H6ClN3S/c1-5-2-6(4-10-3-5)7-11-12-8(9)13-7/h2-4H,1H3. The van der Waals surface area contributed by atoms with Crippen molar-refractivity contribution in [3.8, 4) is 10.6 Å². The molecular weight excluding hydrogens is 206 g/mol. The highest BCUT2D eigenvalue weighted by Crippen LogP contribution is 2.25. The fraction of sp³-hybridized carbons (Fsp3) is 0.125. The Morgan fingerprint density at radius 1 is 1.31 bits per heavy atom. The summed E-state index contributed by atoms with van der Waals surface area (Å²) in [6.07, 6.45) is 3.55.